The summed E-state index contributed by atoms with van der Waals surface area (Å²) < 4.78 is 34.6. The second-order valence-corrected chi connectivity index (χ2v) is 7.02. The highest BCUT2D eigenvalue weighted by atomic mass is 32.2. The van der Waals surface area contributed by atoms with E-state index in [-0.39, 0.29) is 16.6 Å². The molecular formula is C17H18N4O5S. The largest absolute Gasteiger partial charge is 0.453 e. The summed E-state index contributed by atoms with van der Waals surface area (Å²) in [6.45, 7) is 2.68. The summed E-state index contributed by atoms with van der Waals surface area (Å²) >= 11 is 0. The van der Waals surface area contributed by atoms with Gasteiger partial charge in [0.15, 0.2) is 0 Å². The third-order valence-electron chi connectivity index (χ3n) is 3.59. The lowest BCUT2D eigenvalue weighted by atomic mass is 10.3. The first-order chi connectivity index (χ1) is 12.9. The molecule has 27 heavy (non-hydrogen) atoms. The average Bonchev–Trinajstić information content (AvgIpc) is 3.03. The molecule has 0 aliphatic heterocycles. The zero-order chi connectivity index (χ0) is 19.4. The number of carbonyl (C=O) groups is 1. The van der Waals surface area contributed by atoms with E-state index < -0.39 is 16.2 Å². The highest BCUT2D eigenvalue weighted by Crippen LogP contribution is 2.24. The van der Waals surface area contributed by atoms with Crippen LogP contribution >= 0.6 is 0 Å². The molecule has 1 amide bonds. The molecule has 10 heteroatoms. The minimum absolute atomic E-state index is 0.0410. The number of rotatable bonds is 6. The molecule has 0 saturated heterocycles. The molecule has 0 saturated carbocycles. The molecule has 3 rings (SSSR count). The van der Waals surface area contributed by atoms with Crippen molar-refractivity contribution in [3.63, 3.8) is 0 Å². The lowest BCUT2D eigenvalue weighted by Crippen LogP contribution is -2.11. The van der Waals surface area contributed by atoms with Crippen LogP contribution in [0.2, 0.25) is 0 Å². The lowest BCUT2D eigenvalue weighted by Gasteiger charge is -2.08. The normalized spacial score (nSPS) is 11.2. The van der Waals surface area contributed by atoms with Crippen LogP contribution in [0.15, 0.2) is 47.4 Å². The van der Waals surface area contributed by atoms with Gasteiger partial charge in [0.1, 0.15) is 10.6 Å². The van der Waals surface area contributed by atoms with Crippen molar-refractivity contribution in [1.29, 1.82) is 0 Å². The van der Waals surface area contributed by atoms with Crippen molar-refractivity contribution in [2.75, 3.05) is 24.3 Å². The number of amides is 1. The maximum absolute atomic E-state index is 12.5. The van der Waals surface area contributed by atoms with Crippen molar-refractivity contribution in [1.82, 2.24) is 9.97 Å². The number of ether oxygens (including phenoxy) is 1. The van der Waals surface area contributed by atoms with Gasteiger partial charge in [-0.2, -0.15) is 8.42 Å². The van der Waals surface area contributed by atoms with Crippen LogP contribution in [0.1, 0.15) is 6.92 Å². The minimum Gasteiger partial charge on any atom is -0.453 e. The van der Waals surface area contributed by atoms with Crippen molar-refractivity contribution in [2.24, 2.45) is 0 Å². The molecule has 3 N–H and O–H groups in total. The van der Waals surface area contributed by atoms with Crippen LogP contribution in [0.4, 0.5) is 16.4 Å². The molecule has 2 aromatic carbocycles. The number of aromatic nitrogens is 2. The summed E-state index contributed by atoms with van der Waals surface area (Å²) in [7, 11) is -2.75. The van der Waals surface area contributed by atoms with Crippen molar-refractivity contribution in [2.45, 2.75) is 11.8 Å². The number of hydrogen-bond donors (Lipinski definition) is 3. The third-order valence-corrected chi connectivity index (χ3v) is 4.85. The summed E-state index contributed by atoms with van der Waals surface area (Å²) in [6.07, 6.45) is -0.672. The van der Waals surface area contributed by atoms with Crippen molar-refractivity contribution >= 4 is 38.9 Å². The molecule has 9 nitrogen and oxygen atoms in total. The predicted octanol–water partition coefficient (Wildman–Crippen LogP) is 2.94. The average molecular weight is 390 g/mol. The quantitative estimate of drug-likeness (QED) is 0.553. The van der Waals surface area contributed by atoms with Crippen molar-refractivity contribution in [3.05, 3.63) is 42.5 Å². The fraction of sp³-hybridized carbons (Fsp3) is 0.176. The van der Waals surface area contributed by atoms with Gasteiger partial charge in [-0.25, -0.2) is 9.78 Å². The third kappa shape index (κ3) is 4.29. The van der Waals surface area contributed by atoms with Crippen LogP contribution in [0, 0.1) is 0 Å². The van der Waals surface area contributed by atoms with E-state index in [2.05, 4.69) is 25.3 Å². The fourth-order valence-corrected chi connectivity index (χ4v) is 3.29. The van der Waals surface area contributed by atoms with Gasteiger partial charge in [0.05, 0.1) is 18.1 Å². The van der Waals surface area contributed by atoms with E-state index in [1.807, 2.05) is 6.92 Å². The first-order valence-corrected chi connectivity index (χ1v) is 9.45. The Balaban J connectivity index is 1.81. The predicted molar refractivity (Wildman–Crippen MR) is 101 cm³/mol. The fourth-order valence-electron chi connectivity index (χ4n) is 2.36. The number of H-pyrrole nitrogens is 1. The van der Waals surface area contributed by atoms with Gasteiger partial charge in [0.2, 0.25) is 5.95 Å². The number of anilines is 2. The van der Waals surface area contributed by atoms with Crippen LogP contribution in [0.3, 0.4) is 0 Å². The highest BCUT2D eigenvalue weighted by Gasteiger charge is 2.17. The second-order valence-electron chi connectivity index (χ2n) is 5.47. The van der Waals surface area contributed by atoms with Gasteiger partial charge in [0, 0.05) is 18.3 Å². The van der Waals surface area contributed by atoms with E-state index in [0.717, 1.165) is 12.2 Å². The van der Waals surface area contributed by atoms with Gasteiger partial charge in [-0.3, -0.25) is 5.32 Å². The number of carbonyl (C=O) groups excluding carboxylic acids is 1. The Hall–Kier alpha value is -3.27. The Bertz CT molecular complexity index is 1060. The van der Waals surface area contributed by atoms with Gasteiger partial charge in [-0.1, -0.05) is 0 Å². The monoisotopic (exact) mass is 390 g/mol. The first kappa shape index (κ1) is 18.5. The summed E-state index contributed by atoms with van der Waals surface area (Å²) in [5, 5.41) is 5.49. The molecule has 0 fully saturated rings. The zero-order valence-corrected chi connectivity index (χ0v) is 15.5. The Morgan fingerprint density at radius 1 is 1.19 bits per heavy atom. The zero-order valence-electron chi connectivity index (χ0n) is 14.6. The van der Waals surface area contributed by atoms with Crippen molar-refractivity contribution < 1.29 is 22.1 Å². The molecule has 142 valence electrons. The van der Waals surface area contributed by atoms with E-state index >= 15 is 0 Å². The van der Waals surface area contributed by atoms with E-state index in [0.29, 0.717) is 11.0 Å². The van der Waals surface area contributed by atoms with E-state index in [1.54, 1.807) is 18.2 Å². The molecule has 0 unspecified atom stereocenters. The minimum atomic E-state index is -3.99. The molecule has 3 aromatic rings. The number of hydrogen-bond acceptors (Lipinski definition) is 7. The number of nitrogens with one attached hydrogen (secondary N) is 3. The number of benzene rings is 2. The Kier molecular flexibility index (Phi) is 5.17. The second kappa shape index (κ2) is 7.54. The van der Waals surface area contributed by atoms with E-state index in [9.17, 15) is 13.2 Å². The maximum Gasteiger partial charge on any atom is 0.413 e. The van der Waals surface area contributed by atoms with Crippen LogP contribution in [-0.4, -0.2) is 38.1 Å². The van der Waals surface area contributed by atoms with Gasteiger partial charge >= 0.3 is 16.2 Å². The first-order valence-electron chi connectivity index (χ1n) is 8.04. The van der Waals surface area contributed by atoms with E-state index in [1.165, 1.54) is 31.4 Å². The summed E-state index contributed by atoms with van der Waals surface area (Å²) in [4.78, 5) is 18.3. The molecule has 0 aliphatic carbocycles. The number of fused-ring (bicyclic) bond motifs is 1. The summed E-state index contributed by atoms with van der Waals surface area (Å²) in [5.41, 5.74) is 1.85. The Morgan fingerprint density at radius 3 is 2.59 bits per heavy atom. The maximum atomic E-state index is 12.5. The standard InChI is InChI=1S/C17H18N4O5S/c1-3-18-11-4-7-13(8-5-11)27(23,24)26-12-6-9-14-15(10-12)20-16(19-14)21-17(22)25-2/h4-10,18H,3H2,1-2H3,(H2,19,20,21,22). The van der Waals surface area contributed by atoms with Gasteiger partial charge in [0.25, 0.3) is 0 Å². The van der Waals surface area contributed by atoms with E-state index in [4.69, 9.17) is 4.18 Å². The highest BCUT2D eigenvalue weighted by molar-refractivity contribution is 7.87. The topological polar surface area (TPSA) is 122 Å². The van der Waals surface area contributed by atoms with Crippen LogP contribution in [0.5, 0.6) is 5.75 Å². The molecule has 0 atom stereocenters. The Morgan fingerprint density at radius 2 is 1.93 bits per heavy atom. The van der Waals surface area contributed by atoms with Crippen LogP contribution in [0.25, 0.3) is 11.0 Å². The lowest BCUT2D eigenvalue weighted by molar-refractivity contribution is 0.186. The molecule has 1 heterocycles. The molecule has 0 spiro atoms. The van der Waals surface area contributed by atoms with Crippen LogP contribution in [-0.2, 0) is 14.9 Å². The summed E-state index contributed by atoms with van der Waals surface area (Å²) in [5.74, 6) is 0.283. The SMILES string of the molecule is CCNc1ccc(S(=O)(=O)Oc2ccc3[nH]c(NC(=O)OC)nc3c2)cc1. The summed E-state index contributed by atoms with van der Waals surface area (Å²) in [6, 6.07) is 10.8. The smallest absolute Gasteiger partial charge is 0.413 e. The number of methoxy groups -OCH3 is 1. The number of nitrogens with zero attached hydrogens (tertiary/aromatic N) is 1. The molecule has 0 radical (unpaired) electrons. The Labute approximate surface area is 155 Å². The van der Waals surface area contributed by atoms with Gasteiger partial charge in [-0.15, -0.1) is 0 Å². The number of imidazole rings is 1. The molecule has 0 aliphatic rings. The number of aromatic amines is 1. The molecule has 0 bridgehead atoms. The molecule has 1 aromatic heterocycles. The van der Waals surface area contributed by atoms with Crippen LogP contribution < -0.4 is 14.8 Å². The molecular weight excluding hydrogens is 372 g/mol. The van der Waals surface area contributed by atoms with Gasteiger partial charge < -0.3 is 19.2 Å². The van der Waals surface area contributed by atoms with Crippen molar-refractivity contribution in [3.8, 4) is 5.75 Å². The van der Waals surface area contributed by atoms with Gasteiger partial charge in [-0.05, 0) is 43.3 Å².